The van der Waals surface area contributed by atoms with Crippen molar-refractivity contribution >= 4 is 11.4 Å². The second kappa shape index (κ2) is 6.79. The molecule has 0 saturated carbocycles. The molecule has 0 radical (unpaired) electrons. The maximum atomic E-state index is 11.5. The molecule has 140 valence electrons. The van der Waals surface area contributed by atoms with Crippen molar-refractivity contribution in [3.63, 3.8) is 0 Å². The predicted molar refractivity (Wildman–Crippen MR) is 97.6 cm³/mol. The maximum Gasteiger partial charge on any atom is 0.276 e. The van der Waals surface area contributed by atoms with Gasteiger partial charge in [0.25, 0.3) is 5.69 Å². The van der Waals surface area contributed by atoms with Crippen LogP contribution >= 0.6 is 0 Å². The number of benzene rings is 2. The Morgan fingerprint density at radius 1 is 1.11 bits per heavy atom. The number of rotatable bonds is 5. The maximum absolute atomic E-state index is 11.5. The van der Waals surface area contributed by atoms with Gasteiger partial charge in [-0.15, -0.1) is 0 Å². The summed E-state index contributed by atoms with van der Waals surface area (Å²) in [5.74, 6) is 2.17. The van der Waals surface area contributed by atoms with Gasteiger partial charge < -0.3 is 18.9 Å². The molecule has 0 bridgehead atoms. The molecule has 0 amide bonds. The van der Waals surface area contributed by atoms with Crippen LogP contribution in [0.25, 0.3) is 0 Å². The molecule has 4 rings (SSSR count). The number of methoxy groups -OCH3 is 2. The average molecular weight is 370 g/mol. The Morgan fingerprint density at radius 3 is 2.52 bits per heavy atom. The Hall–Kier alpha value is -3.29. The highest BCUT2D eigenvalue weighted by Crippen LogP contribution is 2.39. The van der Waals surface area contributed by atoms with Gasteiger partial charge in [0.1, 0.15) is 0 Å². The number of nitro groups is 1. The first-order valence-corrected chi connectivity index (χ1v) is 8.46. The minimum Gasteiger partial charge on any atom is -0.493 e. The molecule has 8 nitrogen and oxygen atoms in total. The topological polar surface area (TPSA) is 92.4 Å². The number of aliphatic imine (C=N–C) groups is 1. The zero-order chi connectivity index (χ0) is 19.0. The summed E-state index contributed by atoms with van der Waals surface area (Å²) in [6.07, 6.45) is 1.10. The smallest absolute Gasteiger partial charge is 0.276 e. The van der Waals surface area contributed by atoms with Gasteiger partial charge in [0.2, 0.25) is 6.79 Å². The summed E-state index contributed by atoms with van der Waals surface area (Å²) >= 11 is 0. The Kier molecular flexibility index (Phi) is 4.31. The Bertz CT molecular complexity index is 954. The van der Waals surface area contributed by atoms with Gasteiger partial charge in [-0.25, -0.2) is 0 Å². The van der Waals surface area contributed by atoms with Crippen molar-refractivity contribution < 1.29 is 23.9 Å². The second-order valence-corrected chi connectivity index (χ2v) is 6.21. The van der Waals surface area contributed by atoms with E-state index in [0.29, 0.717) is 41.5 Å². The fourth-order valence-corrected chi connectivity index (χ4v) is 3.41. The molecule has 0 aromatic heterocycles. The van der Waals surface area contributed by atoms with Crippen LogP contribution in [-0.2, 0) is 12.8 Å². The third-order valence-corrected chi connectivity index (χ3v) is 4.73. The molecule has 8 heteroatoms. The van der Waals surface area contributed by atoms with Gasteiger partial charge >= 0.3 is 0 Å². The van der Waals surface area contributed by atoms with Crippen molar-refractivity contribution in [1.29, 1.82) is 0 Å². The van der Waals surface area contributed by atoms with Crippen LogP contribution in [0.1, 0.15) is 16.7 Å². The molecule has 2 aliphatic heterocycles. The van der Waals surface area contributed by atoms with E-state index >= 15 is 0 Å². The van der Waals surface area contributed by atoms with E-state index in [4.69, 9.17) is 18.9 Å². The number of ether oxygens (including phenoxy) is 4. The molecule has 2 aromatic carbocycles. The fourth-order valence-electron chi connectivity index (χ4n) is 3.41. The monoisotopic (exact) mass is 370 g/mol. The van der Waals surface area contributed by atoms with Crippen LogP contribution in [0, 0.1) is 10.1 Å². The summed E-state index contributed by atoms with van der Waals surface area (Å²) < 4.78 is 21.4. The minimum absolute atomic E-state index is 0.00505. The third kappa shape index (κ3) is 3.03. The van der Waals surface area contributed by atoms with Crippen molar-refractivity contribution in [3.8, 4) is 23.0 Å². The molecule has 0 atom stereocenters. The van der Waals surface area contributed by atoms with Crippen LogP contribution in [0.5, 0.6) is 23.0 Å². The number of nitro benzene ring substituents is 1. The van der Waals surface area contributed by atoms with E-state index in [0.717, 1.165) is 23.3 Å². The third-order valence-electron chi connectivity index (χ3n) is 4.73. The summed E-state index contributed by atoms with van der Waals surface area (Å²) in [5.41, 5.74) is 3.31. The van der Waals surface area contributed by atoms with Gasteiger partial charge in [-0.1, -0.05) is 0 Å². The van der Waals surface area contributed by atoms with Crippen molar-refractivity contribution in [2.45, 2.75) is 12.8 Å². The molecule has 0 spiro atoms. The van der Waals surface area contributed by atoms with E-state index in [1.54, 1.807) is 20.3 Å². The Balaban J connectivity index is 1.75. The normalized spacial score (nSPS) is 14.4. The summed E-state index contributed by atoms with van der Waals surface area (Å²) in [6.45, 7) is 0.687. The van der Waals surface area contributed by atoms with Gasteiger partial charge in [0.15, 0.2) is 23.0 Å². The molecule has 0 saturated heterocycles. The number of fused-ring (bicyclic) bond motifs is 2. The second-order valence-electron chi connectivity index (χ2n) is 6.21. The molecule has 2 aliphatic rings. The van der Waals surface area contributed by atoms with Gasteiger partial charge in [-0.05, 0) is 30.2 Å². The summed E-state index contributed by atoms with van der Waals surface area (Å²) in [7, 11) is 3.17. The highest BCUT2D eigenvalue weighted by atomic mass is 16.7. The number of hydrogen-bond donors (Lipinski definition) is 0. The lowest BCUT2D eigenvalue weighted by Crippen LogP contribution is -2.16. The van der Waals surface area contributed by atoms with Gasteiger partial charge in [0.05, 0.1) is 25.2 Å². The molecule has 0 aliphatic carbocycles. The standard InChI is InChI=1S/C19H18N2O6/c1-24-16-6-11-3-4-20-14(13(11)8-17(16)25-2)5-12-7-18-19(27-10-26-18)9-15(12)21(22)23/h6-9H,3-5,10H2,1-2H3. The molecule has 0 N–H and O–H groups in total. The number of hydrogen-bond acceptors (Lipinski definition) is 7. The van der Waals surface area contributed by atoms with Crippen LogP contribution in [0.4, 0.5) is 5.69 Å². The van der Waals surface area contributed by atoms with E-state index in [9.17, 15) is 10.1 Å². The van der Waals surface area contributed by atoms with E-state index in [2.05, 4.69) is 4.99 Å². The van der Waals surface area contributed by atoms with Crippen molar-refractivity contribution in [2.24, 2.45) is 4.99 Å². The summed E-state index contributed by atoms with van der Waals surface area (Å²) in [6, 6.07) is 6.90. The molecule has 0 fully saturated rings. The van der Waals surface area contributed by atoms with Gasteiger partial charge in [-0.2, -0.15) is 0 Å². The van der Waals surface area contributed by atoms with E-state index in [1.807, 2.05) is 12.1 Å². The highest BCUT2D eigenvalue weighted by molar-refractivity contribution is 6.04. The van der Waals surface area contributed by atoms with Crippen molar-refractivity contribution in [3.05, 3.63) is 51.1 Å². The summed E-state index contributed by atoms with van der Waals surface area (Å²) in [5, 5.41) is 11.5. The molecule has 0 unspecified atom stereocenters. The van der Waals surface area contributed by atoms with Crippen molar-refractivity contribution in [2.75, 3.05) is 27.6 Å². The zero-order valence-corrected chi connectivity index (χ0v) is 15.0. The SMILES string of the molecule is COc1cc2c(cc1OC)C(Cc1cc3c(cc1[N+](=O)[O-])OCO3)=NCC2. The van der Waals surface area contributed by atoms with Crippen LogP contribution in [0.2, 0.25) is 0 Å². The molecule has 2 heterocycles. The number of nitrogens with zero attached hydrogens (tertiary/aromatic N) is 2. The van der Waals surface area contributed by atoms with Gasteiger partial charge in [0, 0.05) is 29.8 Å². The fraction of sp³-hybridized carbons (Fsp3) is 0.316. The average Bonchev–Trinajstić information content (AvgIpc) is 3.13. The first-order chi connectivity index (χ1) is 13.1. The first-order valence-electron chi connectivity index (χ1n) is 8.46. The lowest BCUT2D eigenvalue weighted by atomic mass is 9.92. The quantitative estimate of drug-likeness (QED) is 0.593. The largest absolute Gasteiger partial charge is 0.493 e. The van der Waals surface area contributed by atoms with Crippen LogP contribution in [0.15, 0.2) is 29.3 Å². The molecule has 27 heavy (non-hydrogen) atoms. The summed E-state index contributed by atoms with van der Waals surface area (Å²) in [4.78, 5) is 15.7. The Morgan fingerprint density at radius 2 is 1.81 bits per heavy atom. The highest BCUT2D eigenvalue weighted by Gasteiger charge is 2.26. The van der Waals surface area contributed by atoms with Crippen LogP contribution in [0.3, 0.4) is 0 Å². The molecular weight excluding hydrogens is 352 g/mol. The first kappa shape index (κ1) is 17.1. The molecular formula is C19H18N2O6. The Labute approximate surface area is 155 Å². The van der Waals surface area contributed by atoms with E-state index < -0.39 is 4.92 Å². The van der Waals surface area contributed by atoms with E-state index in [1.165, 1.54) is 6.07 Å². The predicted octanol–water partition coefficient (Wildman–Crippen LogP) is 2.93. The minimum atomic E-state index is -0.407. The van der Waals surface area contributed by atoms with Crippen LogP contribution in [-0.4, -0.2) is 38.2 Å². The van der Waals surface area contributed by atoms with E-state index in [-0.39, 0.29) is 12.5 Å². The zero-order valence-electron chi connectivity index (χ0n) is 15.0. The lowest BCUT2D eigenvalue weighted by molar-refractivity contribution is -0.385. The molecule has 2 aromatic rings. The van der Waals surface area contributed by atoms with Gasteiger partial charge in [-0.3, -0.25) is 15.1 Å². The lowest BCUT2D eigenvalue weighted by Gasteiger charge is -2.20. The van der Waals surface area contributed by atoms with Crippen LogP contribution < -0.4 is 18.9 Å². The van der Waals surface area contributed by atoms with Crippen molar-refractivity contribution in [1.82, 2.24) is 0 Å².